The van der Waals surface area contributed by atoms with Gasteiger partial charge in [-0.25, -0.2) is 0 Å². The van der Waals surface area contributed by atoms with Crippen molar-refractivity contribution in [3.8, 4) is 44.5 Å². The quantitative estimate of drug-likeness (QED) is 0.121. The standard InChI is InChI=1S/C46H34N2.C42H32N2/c1-3-14-38(15-4-1)47(44-21-11-13-36-12-7-8-18-41(36)44)40-29-26-34(27-30-40)33-22-24-35(25-23-33)37-28-31-43-42-19-9-10-20-45(42)48(46(43)32-37)39-16-5-2-6-17-39;1-4-12-35(13-5-1)43(36-14-6-2-7-15-36)38-27-24-32(25-28-38)31-20-22-33(23-21-31)34-26-29-40-39-18-10-11-19-41(39)44(42(40)30-34)37-16-8-3-9-17-37/h1-18,20-32,42H,19H2;1-17,19-30,39H,18H2. The van der Waals surface area contributed by atoms with Crippen molar-refractivity contribution in [1.82, 2.24) is 0 Å². The first-order valence-electron chi connectivity index (χ1n) is 32.0. The van der Waals surface area contributed by atoms with Crippen LogP contribution >= 0.6 is 0 Å². The highest BCUT2D eigenvalue weighted by Crippen LogP contribution is 2.53. The second kappa shape index (κ2) is 24.7. The Morgan fingerprint density at radius 2 is 0.598 bits per heavy atom. The fourth-order valence-corrected chi connectivity index (χ4v) is 14.0. The van der Waals surface area contributed by atoms with Crippen LogP contribution < -0.4 is 19.6 Å². The summed E-state index contributed by atoms with van der Waals surface area (Å²) in [6.07, 6.45) is 15.6. The van der Waals surface area contributed by atoms with Crippen molar-refractivity contribution in [3.63, 3.8) is 0 Å². The summed E-state index contributed by atoms with van der Waals surface area (Å²) in [5.74, 6) is 0.817. The molecule has 2 atom stereocenters. The number of benzene rings is 13. The molecule has 2 unspecified atom stereocenters. The molecular formula is C88H66N4. The first-order chi connectivity index (χ1) is 45.6. The molecule has 17 rings (SSSR count). The number of allylic oxidation sites excluding steroid dienone is 8. The van der Waals surface area contributed by atoms with Crippen molar-refractivity contribution >= 4 is 67.6 Å². The minimum Gasteiger partial charge on any atom is -0.313 e. The summed E-state index contributed by atoms with van der Waals surface area (Å²) in [5, 5.41) is 2.46. The topological polar surface area (TPSA) is 13.0 Å². The van der Waals surface area contributed by atoms with Gasteiger partial charge in [0.1, 0.15) is 0 Å². The highest BCUT2D eigenvalue weighted by molar-refractivity contribution is 5.99. The molecule has 92 heavy (non-hydrogen) atoms. The van der Waals surface area contributed by atoms with Crippen LogP contribution in [-0.4, -0.2) is 0 Å². The van der Waals surface area contributed by atoms with E-state index in [2.05, 4.69) is 384 Å². The highest BCUT2D eigenvalue weighted by atomic mass is 15.2. The van der Waals surface area contributed by atoms with E-state index in [-0.39, 0.29) is 0 Å². The lowest BCUT2D eigenvalue weighted by molar-refractivity contribution is 0.819. The molecule has 4 nitrogen and oxygen atoms in total. The third-order valence-electron chi connectivity index (χ3n) is 18.5. The Balaban J connectivity index is 0.000000147. The maximum atomic E-state index is 2.44. The van der Waals surface area contributed by atoms with Crippen LogP contribution in [0.4, 0.5) is 56.9 Å². The Morgan fingerprint density at radius 1 is 0.272 bits per heavy atom. The van der Waals surface area contributed by atoms with E-state index in [9.17, 15) is 0 Å². The van der Waals surface area contributed by atoms with E-state index in [1.807, 2.05) is 0 Å². The molecule has 2 aliphatic carbocycles. The van der Waals surface area contributed by atoms with Gasteiger partial charge in [-0.05, 0) is 189 Å². The highest BCUT2D eigenvalue weighted by Gasteiger charge is 2.36. The molecule has 4 aliphatic rings. The Morgan fingerprint density at radius 3 is 1.03 bits per heavy atom. The molecular weight excluding hydrogens is 1110 g/mol. The lowest BCUT2D eigenvalue weighted by Crippen LogP contribution is -2.14. The lowest BCUT2D eigenvalue weighted by Gasteiger charge is -2.27. The van der Waals surface area contributed by atoms with E-state index >= 15 is 0 Å². The molecule has 0 radical (unpaired) electrons. The Bertz CT molecular complexity index is 4840. The van der Waals surface area contributed by atoms with Gasteiger partial charge in [0.2, 0.25) is 0 Å². The van der Waals surface area contributed by atoms with Crippen LogP contribution in [0.15, 0.2) is 375 Å². The van der Waals surface area contributed by atoms with E-state index < -0.39 is 0 Å². The van der Waals surface area contributed by atoms with Crippen LogP contribution in [0.2, 0.25) is 0 Å². The smallest absolute Gasteiger partial charge is 0.0540 e. The third-order valence-corrected chi connectivity index (χ3v) is 18.5. The van der Waals surface area contributed by atoms with Gasteiger partial charge in [-0.1, -0.05) is 249 Å². The number of para-hydroxylation sites is 5. The number of hydrogen-bond acceptors (Lipinski definition) is 4. The van der Waals surface area contributed by atoms with Crippen LogP contribution in [0, 0.1) is 0 Å². The first kappa shape index (κ1) is 55.6. The van der Waals surface area contributed by atoms with E-state index in [1.165, 1.54) is 106 Å². The molecule has 0 saturated carbocycles. The fraction of sp³-hybridized carbons (Fsp3) is 0.0455. The zero-order valence-corrected chi connectivity index (χ0v) is 51.0. The number of rotatable bonds is 12. The summed E-state index contributed by atoms with van der Waals surface area (Å²) < 4.78 is 0. The second-order valence-electron chi connectivity index (χ2n) is 23.9. The van der Waals surface area contributed by atoms with Gasteiger partial charge in [0.05, 0.1) is 17.1 Å². The van der Waals surface area contributed by atoms with Crippen molar-refractivity contribution in [3.05, 3.63) is 387 Å². The molecule has 13 aromatic carbocycles. The number of hydrogen-bond donors (Lipinski definition) is 0. The maximum absolute atomic E-state index is 2.44. The Hall–Kier alpha value is -11.7. The monoisotopic (exact) mass is 1180 g/mol. The molecule has 0 amide bonds. The molecule has 2 aliphatic heterocycles. The summed E-state index contributed by atoms with van der Waals surface area (Å²) in [7, 11) is 0. The minimum absolute atomic E-state index is 0.406. The van der Waals surface area contributed by atoms with Gasteiger partial charge < -0.3 is 19.6 Å². The summed E-state index contributed by atoms with van der Waals surface area (Å²) in [4.78, 5) is 9.53. The SMILES string of the molecule is C1=CCC2C(=C1)N(c1ccccc1)c1cc(-c3ccc(-c4ccc(N(c5ccccc5)c5cccc6ccccc56)cc4)cc3)ccc12.C1=CCC2C(=C1)N(c1ccccc1)c1cc(-c3ccc(-c4ccc(N(c5ccccc5)c5ccccc5)cc4)cc3)ccc12. The number of fused-ring (bicyclic) bond motifs is 7. The van der Waals surface area contributed by atoms with Crippen molar-refractivity contribution in [2.24, 2.45) is 0 Å². The third kappa shape index (κ3) is 10.7. The average molecular weight is 1180 g/mol. The number of nitrogens with zero attached hydrogens (tertiary/aromatic N) is 4. The minimum atomic E-state index is 0.406. The van der Waals surface area contributed by atoms with Crippen LogP contribution in [0.3, 0.4) is 0 Å². The molecule has 0 saturated heterocycles. The van der Waals surface area contributed by atoms with Crippen molar-refractivity contribution in [2.75, 3.05) is 19.6 Å². The van der Waals surface area contributed by atoms with E-state index in [4.69, 9.17) is 0 Å². The summed E-state index contributed by atoms with van der Waals surface area (Å²) in [5.41, 5.74) is 27.1. The summed E-state index contributed by atoms with van der Waals surface area (Å²) in [6.45, 7) is 0. The van der Waals surface area contributed by atoms with Crippen molar-refractivity contribution in [1.29, 1.82) is 0 Å². The van der Waals surface area contributed by atoms with Crippen LogP contribution in [0.1, 0.15) is 35.8 Å². The molecule has 0 N–H and O–H groups in total. The van der Waals surface area contributed by atoms with Crippen LogP contribution in [0.5, 0.6) is 0 Å². The first-order valence-corrected chi connectivity index (χ1v) is 32.0. The van der Waals surface area contributed by atoms with E-state index in [0.29, 0.717) is 11.8 Å². The lowest BCUT2D eigenvalue weighted by atomic mass is 9.91. The summed E-state index contributed by atoms with van der Waals surface area (Å²) >= 11 is 0. The molecule has 2 heterocycles. The van der Waals surface area contributed by atoms with Crippen molar-refractivity contribution < 1.29 is 0 Å². The Labute approximate surface area is 539 Å². The predicted octanol–water partition coefficient (Wildman–Crippen LogP) is 24.3. The van der Waals surface area contributed by atoms with Gasteiger partial charge >= 0.3 is 0 Å². The molecule has 0 aromatic heterocycles. The molecule has 0 fully saturated rings. The van der Waals surface area contributed by atoms with Crippen LogP contribution in [-0.2, 0) is 0 Å². The molecule has 438 valence electrons. The van der Waals surface area contributed by atoms with Gasteiger partial charge in [-0.2, -0.15) is 0 Å². The fourth-order valence-electron chi connectivity index (χ4n) is 14.0. The van der Waals surface area contributed by atoms with Crippen LogP contribution in [0.25, 0.3) is 55.3 Å². The Kier molecular flexibility index (Phi) is 14.9. The molecule has 13 aromatic rings. The summed E-state index contributed by atoms with van der Waals surface area (Å²) in [6, 6.07) is 118. The molecule has 4 heteroatoms. The largest absolute Gasteiger partial charge is 0.313 e. The van der Waals surface area contributed by atoms with Gasteiger partial charge in [0.15, 0.2) is 0 Å². The second-order valence-corrected chi connectivity index (χ2v) is 23.9. The zero-order valence-electron chi connectivity index (χ0n) is 51.0. The number of anilines is 10. The molecule has 0 spiro atoms. The average Bonchev–Trinajstić information content (AvgIpc) is 1.91. The molecule has 0 bridgehead atoms. The van der Waals surface area contributed by atoms with E-state index in [1.54, 1.807) is 0 Å². The maximum Gasteiger partial charge on any atom is 0.0540 e. The van der Waals surface area contributed by atoms with Gasteiger partial charge in [-0.3, -0.25) is 0 Å². The van der Waals surface area contributed by atoms with Gasteiger partial charge in [0, 0.05) is 68.4 Å². The van der Waals surface area contributed by atoms with Crippen molar-refractivity contribution in [2.45, 2.75) is 24.7 Å². The van der Waals surface area contributed by atoms with E-state index in [0.717, 1.165) is 41.3 Å². The normalized spacial score (nSPS) is 14.9. The predicted molar refractivity (Wildman–Crippen MR) is 388 cm³/mol. The van der Waals surface area contributed by atoms with Gasteiger partial charge in [-0.15, -0.1) is 0 Å². The zero-order chi connectivity index (χ0) is 61.2. The van der Waals surface area contributed by atoms with Gasteiger partial charge in [0.25, 0.3) is 0 Å².